The van der Waals surface area contributed by atoms with Gasteiger partial charge < -0.3 is 16.0 Å². The van der Waals surface area contributed by atoms with Crippen molar-refractivity contribution in [3.05, 3.63) is 0 Å². The van der Waals surface area contributed by atoms with E-state index >= 15 is 0 Å². The molecule has 0 aromatic carbocycles. The predicted octanol–water partition coefficient (Wildman–Crippen LogP) is 2.57. The van der Waals surface area contributed by atoms with Crippen LogP contribution in [0.15, 0.2) is 4.99 Å². The second-order valence-electron chi connectivity index (χ2n) is 5.67. The lowest BCUT2D eigenvalue weighted by Crippen LogP contribution is -2.40. The number of hydrogen-bond acceptors (Lipinski definition) is 2. The fourth-order valence-corrected chi connectivity index (χ4v) is 2.26. The van der Waals surface area contributed by atoms with Crippen molar-refractivity contribution < 1.29 is 0 Å². The third-order valence-electron chi connectivity index (χ3n) is 3.82. The number of hydrogen-bond donors (Lipinski definition) is 2. The molecule has 0 spiro atoms. The number of nitrogens with two attached hydrogens (primary N) is 1. The maximum atomic E-state index is 5.94. The number of guanidine groups is 1. The highest BCUT2D eigenvalue weighted by Gasteiger charge is 2.12. The molecule has 0 radical (unpaired) electrons. The van der Waals surface area contributed by atoms with E-state index in [9.17, 15) is 0 Å². The van der Waals surface area contributed by atoms with E-state index in [4.69, 9.17) is 5.73 Å². The van der Waals surface area contributed by atoms with E-state index < -0.39 is 0 Å². The molecule has 4 nitrogen and oxygen atoms in total. The average Bonchev–Trinajstić information content (AvgIpc) is 2.57. The molecule has 1 saturated carbocycles. The first-order valence-electron chi connectivity index (χ1n) is 7.36. The van der Waals surface area contributed by atoms with Gasteiger partial charge in [-0.25, -0.2) is 0 Å². The highest BCUT2D eigenvalue weighted by atomic mass is 127. The topological polar surface area (TPSA) is 53.6 Å². The molecule has 1 rings (SSSR count). The maximum Gasteiger partial charge on any atom is 0.188 e. The molecule has 0 amide bonds. The van der Waals surface area contributed by atoms with Crippen molar-refractivity contribution in [1.29, 1.82) is 0 Å². The molecule has 1 aliphatic carbocycles. The molecule has 114 valence electrons. The first-order chi connectivity index (χ1) is 8.59. The second-order valence-corrected chi connectivity index (χ2v) is 5.67. The molecular formula is C14H31IN4. The zero-order valence-electron chi connectivity index (χ0n) is 12.7. The Kier molecular flexibility index (Phi) is 10.7. The molecule has 0 unspecified atom stereocenters. The summed E-state index contributed by atoms with van der Waals surface area (Å²) in [6.07, 6.45) is 7.86. The van der Waals surface area contributed by atoms with Crippen LogP contribution in [0.4, 0.5) is 0 Å². The highest BCUT2D eigenvalue weighted by Crippen LogP contribution is 2.16. The van der Waals surface area contributed by atoms with Gasteiger partial charge in [0.2, 0.25) is 0 Å². The molecule has 1 aliphatic rings. The van der Waals surface area contributed by atoms with Gasteiger partial charge in [-0.2, -0.15) is 0 Å². The fraction of sp³-hybridized carbons (Fsp3) is 0.929. The number of likely N-dealkylation sites (N-methyl/N-ethyl adjacent to an activating group) is 1. The van der Waals surface area contributed by atoms with Crippen molar-refractivity contribution in [3.63, 3.8) is 0 Å². The minimum absolute atomic E-state index is 0. The normalized spacial score (nSPS) is 18.3. The van der Waals surface area contributed by atoms with Crippen LogP contribution >= 0.6 is 24.0 Å². The smallest absolute Gasteiger partial charge is 0.188 e. The lowest BCUT2D eigenvalue weighted by molar-refractivity contribution is 0.282. The van der Waals surface area contributed by atoms with Crippen molar-refractivity contribution >= 4 is 29.9 Å². The molecule has 0 heterocycles. The Labute approximate surface area is 135 Å². The van der Waals surface area contributed by atoms with Crippen LogP contribution in [0, 0.1) is 0 Å². The molecule has 0 aliphatic heterocycles. The number of nitrogens with zero attached hydrogens (tertiary/aromatic N) is 2. The summed E-state index contributed by atoms with van der Waals surface area (Å²) in [7, 11) is 2.12. The molecule has 0 aromatic heterocycles. The van der Waals surface area contributed by atoms with Crippen LogP contribution in [0.25, 0.3) is 0 Å². The Balaban J connectivity index is 0.00000324. The third kappa shape index (κ3) is 8.68. The lowest BCUT2D eigenvalue weighted by atomic mass is 10.1. The molecular weight excluding hydrogens is 351 g/mol. The summed E-state index contributed by atoms with van der Waals surface area (Å²) in [5.41, 5.74) is 5.94. The Morgan fingerprint density at radius 1 is 1.26 bits per heavy atom. The maximum absolute atomic E-state index is 5.94. The quantitative estimate of drug-likeness (QED) is 0.333. The van der Waals surface area contributed by atoms with Crippen LogP contribution in [-0.2, 0) is 0 Å². The van der Waals surface area contributed by atoms with Gasteiger partial charge in [-0.1, -0.05) is 25.7 Å². The van der Waals surface area contributed by atoms with E-state index in [1.807, 2.05) is 0 Å². The van der Waals surface area contributed by atoms with E-state index in [1.165, 1.54) is 38.5 Å². The van der Waals surface area contributed by atoms with E-state index in [1.54, 1.807) is 0 Å². The summed E-state index contributed by atoms with van der Waals surface area (Å²) in [4.78, 5) is 6.69. The monoisotopic (exact) mass is 382 g/mol. The summed E-state index contributed by atoms with van der Waals surface area (Å²) in [5, 5.41) is 3.37. The molecule has 0 atom stereocenters. The summed E-state index contributed by atoms with van der Waals surface area (Å²) in [6.45, 7) is 6.12. The van der Waals surface area contributed by atoms with Crippen LogP contribution in [0.2, 0.25) is 0 Å². The zero-order chi connectivity index (χ0) is 13.4. The molecule has 0 saturated heterocycles. The largest absolute Gasteiger partial charge is 0.370 e. The first-order valence-corrected chi connectivity index (χ1v) is 7.36. The first kappa shape index (κ1) is 19.0. The van der Waals surface area contributed by atoms with E-state index in [0.717, 1.165) is 13.1 Å². The number of aliphatic imine (C=N–C) groups is 1. The van der Waals surface area contributed by atoms with E-state index in [-0.39, 0.29) is 24.0 Å². The highest BCUT2D eigenvalue weighted by molar-refractivity contribution is 14.0. The molecule has 3 N–H and O–H groups in total. The lowest BCUT2D eigenvalue weighted by Gasteiger charge is -2.20. The van der Waals surface area contributed by atoms with Crippen LogP contribution in [-0.4, -0.2) is 43.1 Å². The molecule has 0 aromatic rings. The predicted molar refractivity (Wildman–Crippen MR) is 94.3 cm³/mol. The summed E-state index contributed by atoms with van der Waals surface area (Å²) in [6, 6.07) is 1.11. The molecule has 5 heteroatoms. The fourth-order valence-electron chi connectivity index (χ4n) is 2.26. The van der Waals surface area contributed by atoms with Crippen LogP contribution in [0.3, 0.4) is 0 Å². The van der Waals surface area contributed by atoms with Crippen molar-refractivity contribution in [2.24, 2.45) is 10.7 Å². The van der Waals surface area contributed by atoms with Gasteiger partial charge in [0, 0.05) is 18.6 Å². The van der Waals surface area contributed by atoms with Crippen molar-refractivity contribution in [3.8, 4) is 0 Å². The molecule has 19 heavy (non-hydrogen) atoms. The Morgan fingerprint density at radius 3 is 2.37 bits per heavy atom. The Hall–Kier alpha value is -0.0400. The zero-order valence-corrected chi connectivity index (χ0v) is 15.0. The minimum atomic E-state index is 0. The van der Waals surface area contributed by atoms with Gasteiger partial charge in [-0.3, -0.25) is 4.99 Å². The standard InChI is InChI=1S/C14H30N4.HI/c1-12(2)18(3)11-10-16-14(15)17-13-8-6-4-5-7-9-13;/h12-13H,4-11H2,1-3H3,(H3,15,16,17);1H. The van der Waals surface area contributed by atoms with Gasteiger partial charge in [0.1, 0.15) is 0 Å². The van der Waals surface area contributed by atoms with Crippen LogP contribution in [0.5, 0.6) is 0 Å². The van der Waals surface area contributed by atoms with Gasteiger partial charge in [0.15, 0.2) is 5.96 Å². The minimum Gasteiger partial charge on any atom is -0.370 e. The van der Waals surface area contributed by atoms with Crippen molar-refractivity contribution in [2.75, 3.05) is 20.1 Å². The van der Waals surface area contributed by atoms with Gasteiger partial charge >= 0.3 is 0 Å². The van der Waals surface area contributed by atoms with E-state index in [2.05, 4.69) is 36.1 Å². The van der Waals surface area contributed by atoms with Gasteiger partial charge in [-0.05, 0) is 33.7 Å². The SMILES string of the molecule is CC(C)N(C)CCN=C(N)NC1CCCCCC1.I. The van der Waals surface area contributed by atoms with Gasteiger partial charge in [-0.15, -0.1) is 24.0 Å². The second kappa shape index (κ2) is 10.7. The van der Waals surface area contributed by atoms with Crippen molar-refractivity contribution in [1.82, 2.24) is 10.2 Å². The summed E-state index contributed by atoms with van der Waals surface area (Å²) in [5.74, 6) is 0.624. The number of rotatable bonds is 5. The van der Waals surface area contributed by atoms with Crippen molar-refractivity contribution in [2.45, 2.75) is 64.5 Å². The average molecular weight is 382 g/mol. The van der Waals surface area contributed by atoms with Crippen LogP contribution < -0.4 is 11.1 Å². The summed E-state index contributed by atoms with van der Waals surface area (Å²) < 4.78 is 0. The Bertz CT molecular complexity index is 248. The van der Waals surface area contributed by atoms with Gasteiger partial charge in [0.25, 0.3) is 0 Å². The number of nitrogens with one attached hydrogen (secondary N) is 1. The molecule has 1 fully saturated rings. The Morgan fingerprint density at radius 2 is 1.84 bits per heavy atom. The van der Waals surface area contributed by atoms with E-state index in [0.29, 0.717) is 18.0 Å². The number of halogens is 1. The summed E-state index contributed by atoms with van der Waals surface area (Å²) >= 11 is 0. The third-order valence-corrected chi connectivity index (χ3v) is 3.82. The van der Waals surface area contributed by atoms with Crippen LogP contribution in [0.1, 0.15) is 52.4 Å². The molecule has 0 bridgehead atoms. The van der Waals surface area contributed by atoms with Gasteiger partial charge in [0.05, 0.1) is 6.54 Å².